The molecule has 0 atom stereocenters. The fourth-order valence-corrected chi connectivity index (χ4v) is 3.18. The number of aliphatic hydroxyl groups is 1. The molecule has 1 aromatic heterocycles. The quantitative estimate of drug-likeness (QED) is 0.712. The van der Waals surface area contributed by atoms with Gasteiger partial charge in [-0.05, 0) is 18.6 Å². The summed E-state index contributed by atoms with van der Waals surface area (Å²) < 4.78 is 24.7. The first kappa shape index (κ1) is 11.9. The predicted molar refractivity (Wildman–Crippen MR) is 64.0 cm³/mol. The van der Waals surface area contributed by atoms with Gasteiger partial charge >= 0.3 is 0 Å². The van der Waals surface area contributed by atoms with Crippen molar-refractivity contribution in [1.29, 1.82) is 0 Å². The molecule has 1 aromatic rings. The Hall–Kier alpha value is -1.58. The summed E-state index contributed by atoms with van der Waals surface area (Å²) in [6.45, 7) is 0.242. The van der Waals surface area contributed by atoms with E-state index in [1.54, 1.807) is 12.1 Å². The lowest BCUT2D eigenvalue weighted by molar-refractivity contribution is 0.350. The van der Waals surface area contributed by atoms with Crippen molar-refractivity contribution in [2.45, 2.75) is 6.42 Å². The van der Waals surface area contributed by atoms with Crippen LogP contribution in [0.4, 0.5) is 5.82 Å². The lowest BCUT2D eigenvalue weighted by Gasteiger charge is -2.15. The van der Waals surface area contributed by atoms with Crippen LogP contribution < -0.4 is 4.31 Å². The van der Waals surface area contributed by atoms with Crippen LogP contribution in [0.2, 0.25) is 0 Å². The number of sulfonamides is 1. The van der Waals surface area contributed by atoms with Crippen LogP contribution in [0.3, 0.4) is 0 Å². The van der Waals surface area contributed by atoms with Crippen LogP contribution in [0.25, 0.3) is 0 Å². The molecule has 0 aromatic carbocycles. The zero-order valence-corrected chi connectivity index (χ0v) is 9.94. The number of anilines is 1. The molecule has 0 saturated carbocycles. The molecule has 0 radical (unpaired) electrons. The summed E-state index contributed by atoms with van der Waals surface area (Å²) in [5, 5.41) is 8.60. The van der Waals surface area contributed by atoms with Crippen molar-refractivity contribution in [2.75, 3.05) is 23.2 Å². The minimum atomic E-state index is -3.20. The first-order valence-electron chi connectivity index (χ1n) is 5.20. The van der Waals surface area contributed by atoms with Gasteiger partial charge < -0.3 is 5.11 Å². The van der Waals surface area contributed by atoms with Gasteiger partial charge in [0.05, 0.1) is 5.75 Å². The minimum absolute atomic E-state index is 0.168. The summed E-state index contributed by atoms with van der Waals surface area (Å²) in [6, 6.07) is 3.29. The van der Waals surface area contributed by atoms with Gasteiger partial charge in [0.1, 0.15) is 12.4 Å². The smallest absolute Gasteiger partial charge is 0.236 e. The number of nitrogens with zero attached hydrogens (tertiary/aromatic N) is 2. The Morgan fingerprint density at radius 2 is 2.35 bits per heavy atom. The molecular formula is C11H12N2O3S. The van der Waals surface area contributed by atoms with Crippen molar-refractivity contribution in [3.05, 3.63) is 23.9 Å². The van der Waals surface area contributed by atoms with E-state index in [2.05, 4.69) is 16.8 Å². The van der Waals surface area contributed by atoms with E-state index >= 15 is 0 Å². The van der Waals surface area contributed by atoms with Crippen molar-refractivity contribution >= 4 is 15.8 Å². The predicted octanol–water partition coefficient (Wildman–Crippen LogP) is -0.0347. The molecule has 17 heavy (non-hydrogen) atoms. The van der Waals surface area contributed by atoms with Crippen molar-refractivity contribution in [2.24, 2.45) is 0 Å². The van der Waals surface area contributed by atoms with Crippen LogP contribution in [0, 0.1) is 11.8 Å². The molecule has 1 aliphatic rings. The molecule has 0 aliphatic carbocycles. The van der Waals surface area contributed by atoms with Gasteiger partial charge in [-0.25, -0.2) is 13.4 Å². The molecule has 1 N–H and O–H groups in total. The van der Waals surface area contributed by atoms with Crippen LogP contribution in [0.1, 0.15) is 12.0 Å². The summed E-state index contributed by atoms with van der Waals surface area (Å²) in [4.78, 5) is 4.04. The number of aliphatic hydroxyl groups excluding tert-OH is 1. The van der Waals surface area contributed by atoms with Crippen LogP contribution in [-0.4, -0.2) is 37.4 Å². The molecule has 0 unspecified atom stereocenters. The van der Waals surface area contributed by atoms with Crippen molar-refractivity contribution < 1.29 is 13.5 Å². The van der Waals surface area contributed by atoms with E-state index in [1.165, 1.54) is 10.5 Å². The van der Waals surface area contributed by atoms with Gasteiger partial charge in [0.15, 0.2) is 0 Å². The largest absolute Gasteiger partial charge is 0.384 e. The molecule has 90 valence electrons. The monoisotopic (exact) mass is 252 g/mol. The Balaban J connectivity index is 2.34. The molecule has 2 heterocycles. The zero-order valence-electron chi connectivity index (χ0n) is 9.13. The number of aromatic nitrogens is 1. The van der Waals surface area contributed by atoms with E-state index in [9.17, 15) is 8.42 Å². The van der Waals surface area contributed by atoms with Crippen LogP contribution in [0.15, 0.2) is 18.3 Å². The zero-order chi connectivity index (χ0) is 12.3. The second-order valence-corrected chi connectivity index (χ2v) is 5.62. The van der Waals surface area contributed by atoms with Gasteiger partial charge in [0, 0.05) is 18.3 Å². The normalized spacial score (nSPS) is 17.6. The first-order chi connectivity index (χ1) is 8.13. The molecule has 0 bridgehead atoms. The fourth-order valence-electron chi connectivity index (χ4n) is 1.67. The Morgan fingerprint density at radius 3 is 3.00 bits per heavy atom. The molecule has 1 saturated heterocycles. The van der Waals surface area contributed by atoms with Gasteiger partial charge in [-0.15, -0.1) is 0 Å². The van der Waals surface area contributed by atoms with Gasteiger partial charge in [-0.1, -0.05) is 11.8 Å². The third-order valence-electron chi connectivity index (χ3n) is 2.41. The summed E-state index contributed by atoms with van der Waals surface area (Å²) >= 11 is 0. The van der Waals surface area contributed by atoms with E-state index in [4.69, 9.17) is 5.11 Å². The van der Waals surface area contributed by atoms with Crippen molar-refractivity contribution in [1.82, 2.24) is 4.98 Å². The first-order valence-corrected chi connectivity index (χ1v) is 6.80. The highest BCUT2D eigenvalue weighted by atomic mass is 32.2. The lowest BCUT2D eigenvalue weighted by atomic mass is 10.2. The molecule has 5 nitrogen and oxygen atoms in total. The van der Waals surface area contributed by atoms with Gasteiger partial charge in [-0.3, -0.25) is 4.31 Å². The average molecular weight is 252 g/mol. The standard InChI is InChI=1S/C11H12N2O3S/c14-7-1-3-10-4-5-12-11(9-10)13-6-2-8-17(13,15)16/h4-5,9,14H,2,6-8H2. The van der Waals surface area contributed by atoms with Crippen LogP contribution >= 0.6 is 0 Å². The van der Waals surface area contributed by atoms with E-state index in [1.807, 2.05) is 0 Å². The van der Waals surface area contributed by atoms with Crippen LogP contribution in [0.5, 0.6) is 0 Å². The molecule has 6 heteroatoms. The highest BCUT2D eigenvalue weighted by molar-refractivity contribution is 7.93. The number of hydrogen-bond acceptors (Lipinski definition) is 4. The number of pyridine rings is 1. The second kappa shape index (κ2) is 4.73. The molecule has 2 rings (SSSR count). The number of rotatable bonds is 1. The van der Waals surface area contributed by atoms with Gasteiger partial charge in [0.2, 0.25) is 10.0 Å². The lowest BCUT2D eigenvalue weighted by Crippen LogP contribution is -2.25. The molecule has 0 spiro atoms. The van der Waals surface area contributed by atoms with E-state index < -0.39 is 10.0 Å². The SMILES string of the molecule is O=S1(=O)CCCN1c1cc(C#CCO)ccn1. The van der Waals surface area contributed by atoms with E-state index in [-0.39, 0.29) is 12.4 Å². The molecule has 1 aliphatic heterocycles. The highest BCUT2D eigenvalue weighted by Crippen LogP contribution is 2.22. The Morgan fingerprint density at radius 1 is 1.53 bits per heavy atom. The van der Waals surface area contributed by atoms with E-state index in [0.717, 1.165) is 0 Å². The van der Waals surface area contributed by atoms with Crippen molar-refractivity contribution in [3.63, 3.8) is 0 Å². The summed E-state index contributed by atoms with van der Waals surface area (Å²) in [6.07, 6.45) is 2.14. The highest BCUT2D eigenvalue weighted by Gasteiger charge is 2.29. The van der Waals surface area contributed by atoms with E-state index in [0.29, 0.717) is 24.3 Å². The van der Waals surface area contributed by atoms with Crippen LogP contribution in [-0.2, 0) is 10.0 Å². The maximum atomic E-state index is 11.7. The molecule has 0 amide bonds. The topological polar surface area (TPSA) is 70.5 Å². The maximum Gasteiger partial charge on any atom is 0.236 e. The Kier molecular flexibility index (Phi) is 3.31. The fraction of sp³-hybridized carbons (Fsp3) is 0.364. The van der Waals surface area contributed by atoms with Crippen molar-refractivity contribution in [3.8, 4) is 11.8 Å². The second-order valence-electron chi connectivity index (χ2n) is 3.60. The molecule has 1 fully saturated rings. The Bertz CT molecular complexity index is 572. The maximum absolute atomic E-state index is 11.7. The van der Waals surface area contributed by atoms with Gasteiger partial charge in [0.25, 0.3) is 0 Å². The van der Waals surface area contributed by atoms with Gasteiger partial charge in [-0.2, -0.15) is 0 Å². The Labute approximate surface area is 100 Å². The third-order valence-corrected chi connectivity index (χ3v) is 4.26. The molecular weight excluding hydrogens is 240 g/mol. The summed E-state index contributed by atoms with van der Waals surface area (Å²) in [7, 11) is -3.20. The summed E-state index contributed by atoms with van der Waals surface area (Å²) in [5.41, 5.74) is 0.645. The minimum Gasteiger partial charge on any atom is -0.384 e. The third kappa shape index (κ3) is 2.57. The number of hydrogen-bond donors (Lipinski definition) is 1. The average Bonchev–Trinajstić information content (AvgIpc) is 2.67. The summed E-state index contributed by atoms with van der Waals surface area (Å²) in [5.74, 6) is 5.80.